The summed E-state index contributed by atoms with van der Waals surface area (Å²) in [5, 5.41) is 10.4. The van der Waals surface area contributed by atoms with Crippen molar-refractivity contribution in [3.8, 4) is 0 Å². The fourth-order valence-corrected chi connectivity index (χ4v) is 4.46. The number of nitrogens with two attached hydrogens (primary N) is 1. The number of anilines is 2. The van der Waals surface area contributed by atoms with Gasteiger partial charge in [-0.05, 0) is 41.6 Å². The minimum absolute atomic E-state index is 0.00368. The highest BCUT2D eigenvalue weighted by atomic mass is 16.2. The number of nitrogens with one attached hydrogen (secondary N) is 2. The fourth-order valence-electron chi connectivity index (χ4n) is 4.46. The molecule has 1 aromatic carbocycles. The number of allylic oxidation sites excluding steroid dienone is 2. The summed E-state index contributed by atoms with van der Waals surface area (Å²) >= 11 is 0. The molecule has 2 radical (unpaired) electrons. The van der Waals surface area contributed by atoms with E-state index < -0.39 is 0 Å². The van der Waals surface area contributed by atoms with Gasteiger partial charge in [0, 0.05) is 18.7 Å². The van der Waals surface area contributed by atoms with Crippen LogP contribution in [0.5, 0.6) is 0 Å². The molecule has 0 spiro atoms. The molecule has 2 aliphatic rings. The molecule has 5 rings (SSSR count). The number of aryl methyl sites for hydroxylation is 1. The predicted octanol–water partition coefficient (Wildman–Crippen LogP) is 1.40. The quantitative estimate of drug-likeness (QED) is 0.434. The molecule has 3 aromatic rings. The van der Waals surface area contributed by atoms with Crippen LogP contribution >= 0.6 is 0 Å². The zero-order valence-corrected chi connectivity index (χ0v) is 17.9. The van der Waals surface area contributed by atoms with Gasteiger partial charge >= 0.3 is 6.03 Å². The number of urea groups is 1. The van der Waals surface area contributed by atoms with Gasteiger partial charge in [0.15, 0.2) is 5.65 Å². The standard InChI is InChI=1S/C23H24BN7O/c1-3-14(10-15-7-5-4-6-13(15)2)16-11-26-31-20(25)19(24)22(29-21(16)31)30-9-8-17-18(12-30)28-23(32)27-17/h3-7,10-11,17-18H,1,8-9,12,25H2,2H3,(H2,27,28,32)/b14-10+/t17-,18+/m0/s1. The molecule has 2 amide bonds. The third-order valence-electron chi connectivity index (χ3n) is 6.28. The van der Waals surface area contributed by atoms with Gasteiger partial charge in [-0.25, -0.2) is 9.78 Å². The number of amides is 2. The first kappa shape index (κ1) is 20.2. The average Bonchev–Trinajstić information content (AvgIpc) is 3.37. The van der Waals surface area contributed by atoms with Crippen LogP contribution in [-0.4, -0.2) is 53.6 Å². The number of piperidine rings is 1. The van der Waals surface area contributed by atoms with Crippen molar-refractivity contribution >= 4 is 48.3 Å². The van der Waals surface area contributed by atoms with E-state index in [1.54, 1.807) is 16.8 Å². The van der Waals surface area contributed by atoms with Crippen molar-refractivity contribution in [3.63, 3.8) is 0 Å². The molecular weight excluding hydrogens is 401 g/mol. The highest BCUT2D eigenvalue weighted by molar-refractivity contribution is 6.38. The van der Waals surface area contributed by atoms with Crippen molar-refractivity contribution < 1.29 is 4.79 Å². The first-order valence-electron chi connectivity index (χ1n) is 10.6. The number of carbonyl (C=O) groups excluding carboxylic acids is 1. The van der Waals surface area contributed by atoms with Crippen LogP contribution in [0.3, 0.4) is 0 Å². The second kappa shape index (κ2) is 7.74. The summed E-state index contributed by atoms with van der Waals surface area (Å²) < 4.78 is 1.56. The third-order valence-corrected chi connectivity index (χ3v) is 6.28. The topological polar surface area (TPSA) is 101 Å². The van der Waals surface area contributed by atoms with E-state index in [0.29, 0.717) is 35.8 Å². The maximum absolute atomic E-state index is 11.7. The first-order valence-corrected chi connectivity index (χ1v) is 10.6. The number of rotatable bonds is 4. The van der Waals surface area contributed by atoms with Crippen LogP contribution in [0.4, 0.5) is 16.4 Å². The van der Waals surface area contributed by atoms with Gasteiger partial charge in [0.1, 0.15) is 19.5 Å². The predicted molar refractivity (Wildman–Crippen MR) is 128 cm³/mol. The summed E-state index contributed by atoms with van der Waals surface area (Å²) in [7, 11) is 6.38. The Bertz CT molecular complexity index is 1260. The molecule has 4 heterocycles. The fraction of sp³-hybridized carbons (Fsp3) is 0.261. The van der Waals surface area contributed by atoms with E-state index in [2.05, 4.69) is 52.3 Å². The summed E-state index contributed by atoms with van der Waals surface area (Å²) in [5.74, 6) is 0.946. The molecule has 32 heavy (non-hydrogen) atoms. The van der Waals surface area contributed by atoms with E-state index in [-0.39, 0.29) is 18.1 Å². The lowest BCUT2D eigenvalue weighted by Crippen LogP contribution is -2.52. The van der Waals surface area contributed by atoms with Crippen LogP contribution in [-0.2, 0) is 0 Å². The molecule has 8 nitrogen and oxygen atoms in total. The number of benzene rings is 1. The molecule has 0 bridgehead atoms. The summed E-state index contributed by atoms with van der Waals surface area (Å²) in [5.41, 5.74) is 11.3. The molecule has 0 aliphatic carbocycles. The van der Waals surface area contributed by atoms with E-state index >= 15 is 0 Å². The zero-order chi connectivity index (χ0) is 22.4. The molecule has 4 N–H and O–H groups in total. The monoisotopic (exact) mass is 425 g/mol. The molecule has 9 heteroatoms. The van der Waals surface area contributed by atoms with E-state index in [4.69, 9.17) is 18.6 Å². The maximum atomic E-state index is 11.7. The van der Waals surface area contributed by atoms with Crippen LogP contribution < -0.4 is 26.7 Å². The number of fused-ring (bicyclic) bond motifs is 2. The Hall–Kier alpha value is -3.75. The summed E-state index contributed by atoms with van der Waals surface area (Å²) in [6, 6.07) is 8.14. The van der Waals surface area contributed by atoms with E-state index in [0.717, 1.165) is 28.7 Å². The number of hydrogen-bond donors (Lipinski definition) is 3. The molecule has 2 fully saturated rings. The molecule has 0 unspecified atom stereocenters. The van der Waals surface area contributed by atoms with Gasteiger partial charge in [-0.3, -0.25) is 0 Å². The third kappa shape index (κ3) is 3.30. The normalized spacial score (nSPS) is 20.7. The second-order valence-corrected chi connectivity index (χ2v) is 8.25. The van der Waals surface area contributed by atoms with E-state index in [9.17, 15) is 4.79 Å². The first-order chi connectivity index (χ1) is 15.5. The van der Waals surface area contributed by atoms with Crippen molar-refractivity contribution in [2.24, 2.45) is 0 Å². The molecular formula is C23H24BN7O. The summed E-state index contributed by atoms with van der Waals surface area (Å²) in [6.45, 7) is 7.39. The van der Waals surface area contributed by atoms with Crippen molar-refractivity contribution in [2.75, 3.05) is 23.7 Å². The number of carbonyl (C=O) groups is 1. The van der Waals surface area contributed by atoms with Crippen LogP contribution in [0.1, 0.15) is 23.1 Å². The number of aromatic nitrogens is 3. The Balaban J connectivity index is 1.58. The van der Waals surface area contributed by atoms with Gasteiger partial charge in [-0.15, -0.1) is 0 Å². The Labute approximate surface area is 187 Å². The largest absolute Gasteiger partial charge is 0.384 e. The number of nitrogens with zero attached hydrogens (tertiary/aromatic N) is 4. The SMILES string of the molecule is [B]c1c(N2CC[C@@H]3NC(=O)N[C@@H]3C2)nc2c(/C(C=C)=C/c3ccccc3C)cnn2c1N. The van der Waals surface area contributed by atoms with Gasteiger partial charge in [-0.1, -0.05) is 36.9 Å². The highest BCUT2D eigenvalue weighted by Gasteiger charge is 2.37. The molecule has 160 valence electrons. The Morgan fingerprint density at radius 1 is 1.31 bits per heavy atom. The molecule has 2 atom stereocenters. The van der Waals surface area contributed by atoms with Crippen LogP contribution in [0.25, 0.3) is 17.3 Å². The van der Waals surface area contributed by atoms with Gasteiger partial charge in [0.25, 0.3) is 0 Å². The van der Waals surface area contributed by atoms with Gasteiger partial charge in [0.2, 0.25) is 0 Å². The molecule has 0 saturated carbocycles. The van der Waals surface area contributed by atoms with E-state index in [1.165, 1.54) is 0 Å². The van der Waals surface area contributed by atoms with Gasteiger partial charge in [-0.2, -0.15) is 9.61 Å². The van der Waals surface area contributed by atoms with Crippen molar-refractivity contribution in [1.82, 2.24) is 25.2 Å². The lowest BCUT2D eigenvalue weighted by molar-refractivity contribution is 0.247. The maximum Gasteiger partial charge on any atom is 0.315 e. The zero-order valence-electron chi connectivity index (χ0n) is 17.9. The van der Waals surface area contributed by atoms with Crippen molar-refractivity contribution in [3.05, 3.63) is 59.8 Å². The van der Waals surface area contributed by atoms with Gasteiger partial charge < -0.3 is 21.3 Å². The van der Waals surface area contributed by atoms with Gasteiger partial charge in [0.05, 0.1) is 18.3 Å². The lowest BCUT2D eigenvalue weighted by Gasteiger charge is -2.35. The number of hydrogen-bond acceptors (Lipinski definition) is 5. The van der Waals surface area contributed by atoms with Crippen LogP contribution in [0, 0.1) is 6.92 Å². The summed E-state index contributed by atoms with van der Waals surface area (Å²) in [4.78, 5) is 18.7. The van der Waals surface area contributed by atoms with E-state index in [1.807, 2.05) is 12.1 Å². The minimum atomic E-state index is -0.132. The second-order valence-electron chi connectivity index (χ2n) is 8.25. The smallest absolute Gasteiger partial charge is 0.315 e. The van der Waals surface area contributed by atoms with Crippen LogP contribution in [0.15, 0.2) is 43.1 Å². The molecule has 2 saturated heterocycles. The van der Waals surface area contributed by atoms with Crippen molar-refractivity contribution in [1.29, 1.82) is 0 Å². The van der Waals surface area contributed by atoms with Crippen LogP contribution in [0.2, 0.25) is 0 Å². The highest BCUT2D eigenvalue weighted by Crippen LogP contribution is 2.27. The Kier molecular flexibility index (Phi) is 4.88. The van der Waals surface area contributed by atoms with Crippen molar-refractivity contribution in [2.45, 2.75) is 25.4 Å². The average molecular weight is 425 g/mol. The molecule has 2 aliphatic heterocycles. The lowest BCUT2D eigenvalue weighted by atomic mass is 9.94. The Morgan fingerprint density at radius 2 is 2.09 bits per heavy atom. The Morgan fingerprint density at radius 3 is 2.88 bits per heavy atom. The summed E-state index contributed by atoms with van der Waals surface area (Å²) in [6.07, 6.45) is 6.40. The molecule has 2 aromatic heterocycles. The minimum Gasteiger partial charge on any atom is -0.384 e. The number of nitrogen functional groups attached to an aromatic ring is 1.